The van der Waals surface area contributed by atoms with Crippen LogP contribution in [0.5, 0.6) is 0 Å². The molecule has 0 aliphatic carbocycles. The molecule has 10 rings (SSSR count). The predicted octanol–water partition coefficient (Wildman–Crippen LogP) is 12.0. The van der Waals surface area contributed by atoms with E-state index in [1.165, 1.54) is 48.4 Å². The van der Waals surface area contributed by atoms with Gasteiger partial charge in [0, 0.05) is 58.9 Å². The lowest BCUT2D eigenvalue weighted by Gasteiger charge is -2.12. The van der Waals surface area contributed by atoms with Crippen molar-refractivity contribution in [2.24, 2.45) is 0 Å². The fourth-order valence-electron chi connectivity index (χ4n) is 7.17. The fourth-order valence-corrected chi connectivity index (χ4v) is 8.41. The molecule has 0 aliphatic heterocycles. The molecule has 0 bridgehead atoms. The lowest BCUT2D eigenvalue weighted by atomic mass is 10.0. The van der Waals surface area contributed by atoms with Gasteiger partial charge in [0.2, 0.25) is 0 Å². The molecule has 0 N–H and O–H groups in total. The summed E-state index contributed by atoms with van der Waals surface area (Å²) in [7, 11) is 0. The highest BCUT2D eigenvalue weighted by Gasteiger charge is 2.19. The molecule has 0 saturated heterocycles. The van der Waals surface area contributed by atoms with Crippen molar-refractivity contribution in [2.45, 2.75) is 0 Å². The van der Waals surface area contributed by atoms with Gasteiger partial charge < -0.3 is 4.57 Å². The van der Waals surface area contributed by atoms with Crippen LogP contribution >= 0.6 is 11.3 Å². The molecule has 0 spiro atoms. The van der Waals surface area contributed by atoms with Crippen molar-refractivity contribution in [1.29, 1.82) is 0 Å². The van der Waals surface area contributed by atoms with Crippen molar-refractivity contribution in [3.05, 3.63) is 170 Å². The summed E-state index contributed by atoms with van der Waals surface area (Å²) in [6, 6.07) is 59.7. The summed E-state index contributed by atoms with van der Waals surface area (Å²) in [6.45, 7) is 0. The van der Waals surface area contributed by atoms with Crippen LogP contribution in [0, 0.1) is 0 Å². The zero-order valence-corrected chi connectivity index (χ0v) is 27.7. The Hall–Kier alpha value is -6.43. The second kappa shape index (κ2) is 11.6. The van der Waals surface area contributed by atoms with E-state index in [1.54, 1.807) is 11.3 Å². The molecule has 4 nitrogen and oxygen atoms in total. The van der Waals surface area contributed by atoms with Crippen LogP contribution < -0.4 is 0 Å². The Kier molecular flexibility index (Phi) is 6.64. The van der Waals surface area contributed by atoms with Gasteiger partial charge in [-0.15, -0.1) is 11.3 Å². The van der Waals surface area contributed by atoms with Gasteiger partial charge >= 0.3 is 0 Å². The first-order chi connectivity index (χ1) is 24.8. The summed E-state index contributed by atoms with van der Waals surface area (Å²) in [6.07, 6.45) is 0. The quantitative estimate of drug-likeness (QED) is 0.185. The van der Waals surface area contributed by atoms with Crippen molar-refractivity contribution < 1.29 is 0 Å². The molecule has 0 radical (unpaired) electrons. The molecule has 7 aromatic carbocycles. The number of nitrogens with zero attached hydrogens (tertiary/aromatic N) is 4. The summed E-state index contributed by atoms with van der Waals surface area (Å²) in [5, 5.41) is 4.92. The van der Waals surface area contributed by atoms with E-state index in [4.69, 9.17) is 15.0 Å². The lowest BCUT2D eigenvalue weighted by molar-refractivity contribution is 1.08. The van der Waals surface area contributed by atoms with Crippen LogP contribution in [-0.4, -0.2) is 19.5 Å². The molecule has 3 heterocycles. The average molecular weight is 657 g/mol. The van der Waals surface area contributed by atoms with Crippen LogP contribution in [0.3, 0.4) is 0 Å². The molecule has 234 valence electrons. The van der Waals surface area contributed by atoms with Gasteiger partial charge in [-0.25, -0.2) is 15.0 Å². The first-order valence-electron chi connectivity index (χ1n) is 16.7. The normalized spacial score (nSPS) is 11.6. The van der Waals surface area contributed by atoms with Gasteiger partial charge in [0.05, 0.1) is 11.0 Å². The molecule has 0 saturated carbocycles. The minimum absolute atomic E-state index is 0.662. The third-order valence-electron chi connectivity index (χ3n) is 9.46. The number of aromatic nitrogens is 4. The summed E-state index contributed by atoms with van der Waals surface area (Å²) in [4.78, 5) is 15.0. The van der Waals surface area contributed by atoms with E-state index < -0.39 is 0 Å². The minimum Gasteiger partial charge on any atom is -0.309 e. The lowest BCUT2D eigenvalue weighted by Crippen LogP contribution is -2.00. The molecule has 3 aromatic heterocycles. The average Bonchev–Trinajstić information content (AvgIpc) is 3.74. The van der Waals surface area contributed by atoms with Crippen LogP contribution in [0.4, 0.5) is 0 Å². The van der Waals surface area contributed by atoms with Crippen LogP contribution in [-0.2, 0) is 0 Å². The zero-order valence-electron chi connectivity index (χ0n) is 26.9. The molecule has 0 fully saturated rings. The molecule has 0 amide bonds. The standard InChI is InChI=1S/C45H28N4S/c1-4-14-29(15-5-1)33-21-12-22-36-34-20-10-11-25-39(34)49(41(33)36)32-26-27-35-37-23-13-24-38(42(37)50-40(35)28-32)45-47-43(30-16-6-2-7-17-30)46-44(48-45)31-18-8-3-9-19-31/h1-28H. The maximum atomic E-state index is 5.07. The van der Waals surface area contributed by atoms with E-state index in [9.17, 15) is 0 Å². The number of para-hydroxylation sites is 2. The molecule has 0 unspecified atom stereocenters. The first-order valence-corrected chi connectivity index (χ1v) is 17.5. The van der Waals surface area contributed by atoms with Crippen molar-refractivity contribution in [2.75, 3.05) is 0 Å². The number of fused-ring (bicyclic) bond motifs is 6. The Balaban J connectivity index is 1.19. The molecule has 5 heteroatoms. The van der Waals surface area contributed by atoms with Gasteiger partial charge in [0.15, 0.2) is 17.5 Å². The summed E-state index contributed by atoms with van der Waals surface area (Å²) >= 11 is 1.80. The largest absolute Gasteiger partial charge is 0.309 e. The highest BCUT2D eigenvalue weighted by molar-refractivity contribution is 7.26. The Labute approximate surface area is 292 Å². The van der Waals surface area contributed by atoms with Crippen LogP contribution in [0.2, 0.25) is 0 Å². The van der Waals surface area contributed by atoms with Gasteiger partial charge in [0.1, 0.15) is 0 Å². The molecule has 10 aromatic rings. The summed E-state index contributed by atoms with van der Waals surface area (Å²) in [5.74, 6) is 2.00. The zero-order chi connectivity index (χ0) is 33.0. The van der Waals surface area contributed by atoms with E-state index in [-0.39, 0.29) is 0 Å². The van der Waals surface area contributed by atoms with Crippen molar-refractivity contribution in [3.63, 3.8) is 0 Å². The Morgan fingerprint density at radius 1 is 0.400 bits per heavy atom. The number of rotatable bonds is 5. The maximum Gasteiger partial charge on any atom is 0.165 e. The second-order valence-corrected chi connectivity index (χ2v) is 13.5. The summed E-state index contributed by atoms with van der Waals surface area (Å²) in [5.41, 5.74) is 8.90. The molecular weight excluding hydrogens is 629 g/mol. The predicted molar refractivity (Wildman–Crippen MR) is 209 cm³/mol. The number of thiophene rings is 1. The van der Waals surface area contributed by atoms with Crippen LogP contribution in [0.1, 0.15) is 0 Å². The number of hydrogen-bond acceptors (Lipinski definition) is 4. The van der Waals surface area contributed by atoms with Gasteiger partial charge in [0.25, 0.3) is 0 Å². The third-order valence-corrected chi connectivity index (χ3v) is 10.7. The van der Waals surface area contributed by atoms with E-state index in [1.807, 2.05) is 60.7 Å². The minimum atomic E-state index is 0.662. The monoisotopic (exact) mass is 656 g/mol. The van der Waals surface area contributed by atoms with Crippen LogP contribution in [0.15, 0.2) is 170 Å². The smallest absolute Gasteiger partial charge is 0.165 e. The van der Waals surface area contributed by atoms with Crippen LogP contribution in [0.25, 0.3) is 93.0 Å². The van der Waals surface area contributed by atoms with Gasteiger partial charge in [-0.05, 0) is 29.8 Å². The maximum absolute atomic E-state index is 5.07. The van der Waals surface area contributed by atoms with E-state index in [0.29, 0.717) is 17.5 Å². The summed E-state index contributed by atoms with van der Waals surface area (Å²) < 4.78 is 4.81. The molecule has 0 atom stereocenters. The Bertz CT molecular complexity index is 2800. The third kappa shape index (κ3) is 4.63. The van der Waals surface area contributed by atoms with Gasteiger partial charge in [-0.2, -0.15) is 0 Å². The highest BCUT2D eigenvalue weighted by atomic mass is 32.1. The van der Waals surface area contributed by atoms with Crippen molar-refractivity contribution in [3.8, 4) is 51.0 Å². The molecule has 0 aliphatic rings. The molecule has 50 heavy (non-hydrogen) atoms. The fraction of sp³-hybridized carbons (Fsp3) is 0. The van der Waals surface area contributed by atoms with Crippen molar-refractivity contribution in [1.82, 2.24) is 19.5 Å². The van der Waals surface area contributed by atoms with E-state index in [0.717, 1.165) is 27.1 Å². The van der Waals surface area contributed by atoms with E-state index in [2.05, 4.69) is 114 Å². The van der Waals surface area contributed by atoms with Gasteiger partial charge in [-0.1, -0.05) is 146 Å². The van der Waals surface area contributed by atoms with E-state index >= 15 is 0 Å². The topological polar surface area (TPSA) is 43.6 Å². The highest BCUT2D eigenvalue weighted by Crippen LogP contribution is 2.43. The number of hydrogen-bond donors (Lipinski definition) is 0. The number of benzene rings is 7. The Morgan fingerprint density at radius 3 is 1.66 bits per heavy atom. The van der Waals surface area contributed by atoms with Gasteiger partial charge in [-0.3, -0.25) is 0 Å². The second-order valence-electron chi connectivity index (χ2n) is 12.4. The molecular formula is C45H28N4S. The first kappa shape index (κ1) is 28.6. The van der Waals surface area contributed by atoms with Crippen molar-refractivity contribution >= 4 is 53.3 Å². The Morgan fingerprint density at radius 2 is 0.960 bits per heavy atom. The SMILES string of the molecule is c1ccc(-c2nc(-c3ccccc3)nc(-c3cccc4c3sc3cc(-n5c6ccccc6c6cccc(-c7ccccc7)c65)ccc34)n2)cc1.